The smallest absolute Gasteiger partial charge is 0.355 e. The third-order valence-electron chi connectivity index (χ3n) is 4.53. The van der Waals surface area contributed by atoms with Crippen molar-refractivity contribution in [2.75, 3.05) is 12.4 Å². The van der Waals surface area contributed by atoms with Gasteiger partial charge in [-0.2, -0.15) is 0 Å². The highest BCUT2D eigenvalue weighted by Gasteiger charge is 2.54. The zero-order valence-electron chi connectivity index (χ0n) is 17.9. The summed E-state index contributed by atoms with van der Waals surface area (Å²) in [5.74, 6) is -0.998. The quantitative estimate of drug-likeness (QED) is 0.365. The number of nitrogens with zero attached hydrogens (tertiary/aromatic N) is 2. The average Bonchev–Trinajstić information content (AvgIpc) is 2.69. The number of ether oxygens (including phenoxy) is 2. The molecule has 0 bridgehead atoms. The Bertz CT molecular complexity index is 939. The summed E-state index contributed by atoms with van der Waals surface area (Å²) in [7, 11) is 0. The van der Waals surface area contributed by atoms with Gasteiger partial charge in [0.25, 0.3) is 5.91 Å². The van der Waals surface area contributed by atoms with Gasteiger partial charge in [0, 0.05) is 24.7 Å². The van der Waals surface area contributed by atoms with E-state index < -0.39 is 23.6 Å². The van der Waals surface area contributed by atoms with Crippen molar-refractivity contribution in [3.05, 3.63) is 47.2 Å². The van der Waals surface area contributed by atoms with Crippen molar-refractivity contribution in [2.24, 2.45) is 4.99 Å². The van der Waals surface area contributed by atoms with Crippen LogP contribution in [0.15, 0.2) is 46.6 Å². The molecule has 31 heavy (non-hydrogen) atoms. The topological polar surface area (TPSA) is 85.3 Å². The molecule has 1 amide bonds. The maximum atomic E-state index is 12.9. The van der Waals surface area contributed by atoms with Crippen molar-refractivity contribution < 1.29 is 23.9 Å². The lowest BCUT2D eigenvalue weighted by molar-refractivity contribution is -0.158. The minimum absolute atomic E-state index is 0.0733. The molecule has 2 aliphatic rings. The fourth-order valence-electron chi connectivity index (χ4n) is 3.22. The predicted octanol–water partition coefficient (Wildman–Crippen LogP) is 3.31. The van der Waals surface area contributed by atoms with Gasteiger partial charge in [0.05, 0.1) is 0 Å². The number of β-lactam (4-membered cyclic amide) rings is 1. The fraction of sp³-hybridized carbons (Fsp3) is 0.455. The number of fused-ring (bicyclic) bond motifs is 1. The van der Waals surface area contributed by atoms with Crippen LogP contribution in [0.1, 0.15) is 33.3 Å². The van der Waals surface area contributed by atoms with E-state index in [0.29, 0.717) is 22.9 Å². The molecule has 2 atom stereocenters. The first-order chi connectivity index (χ1) is 14.6. The number of halogens is 1. The second-order valence-corrected chi connectivity index (χ2v) is 9.80. The second-order valence-electron chi connectivity index (χ2n) is 8.26. The van der Waals surface area contributed by atoms with Gasteiger partial charge in [-0.3, -0.25) is 19.5 Å². The number of carbonyl (C=O) groups excluding carboxylic acids is 3. The Morgan fingerprint density at radius 2 is 1.94 bits per heavy atom. The first-order valence-corrected chi connectivity index (χ1v) is 11.3. The molecule has 0 aromatic heterocycles. The summed E-state index contributed by atoms with van der Waals surface area (Å²) < 4.78 is 10.6. The van der Waals surface area contributed by atoms with Gasteiger partial charge >= 0.3 is 11.9 Å². The Morgan fingerprint density at radius 1 is 1.26 bits per heavy atom. The monoisotopic (exact) mass is 464 g/mol. The van der Waals surface area contributed by atoms with Crippen LogP contribution in [0.3, 0.4) is 0 Å². The van der Waals surface area contributed by atoms with E-state index in [4.69, 9.17) is 21.1 Å². The van der Waals surface area contributed by atoms with Crippen LogP contribution < -0.4 is 0 Å². The van der Waals surface area contributed by atoms with E-state index in [1.54, 1.807) is 20.8 Å². The first-order valence-electron chi connectivity index (χ1n) is 9.86. The van der Waals surface area contributed by atoms with Crippen molar-refractivity contribution in [3.8, 4) is 0 Å². The van der Waals surface area contributed by atoms with E-state index in [9.17, 15) is 14.4 Å². The summed E-state index contributed by atoms with van der Waals surface area (Å²) >= 11 is 7.78. The van der Waals surface area contributed by atoms with Crippen LogP contribution in [0.25, 0.3) is 0 Å². The van der Waals surface area contributed by atoms with E-state index in [0.717, 1.165) is 5.56 Å². The van der Waals surface area contributed by atoms with Crippen LogP contribution in [0.5, 0.6) is 0 Å². The molecule has 3 rings (SSSR count). The van der Waals surface area contributed by atoms with Gasteiger partial charge < -0.3 is 9.47 Å². The number of aliphatic imine (C=N–C) groups is 1. The number of thioether (sulfide) groups is 1. The molecule has 0 radical (unpaired) electrons. The third kappa shape index (κ3) is 5.68. The highest BCUT2D eigenvalue weighted by Crippen LogP contribution is 2.42. The normalized spacial score (nSPS) is 21.4. The van der Waals surface area contributed by atoms with E-state index in [2.05, 4.69) is 4.99 Å². The molecule has 0 saturated carbocycles. The summed E-state index contributed by atoms with van der Waals surface area (Å²) in [5, 5.41) is -0.0288. The van der Waals surface area contributed by atoms with Gasteiger partial charge in [0.15, 0.2) is 6.04 Å². The van der Waals surface area contributed by atoms with E-state index >= 15 is 0 Å². The molecule has 2 heterocycles. The predicted molar refractivity (Wildman–Crippen MR) is 120 cm³/mol. The van der Waals surface area contributed by atoms with E-state index in [1.165, 1.54) is 23.6 Å². The molecule has 7 nitrogen and oxygen atoms in total. The van der Waals surface area contributed by atoms with Gasteiger partial charge in [-0.05, 0) is 26.3 Å². The van der Waals surface area contributed by atoms with Gasteiger partial charge in [-0.15, -0.1) is 11.8 Å². The van der Waals surface area contributed by atoms with Crippen LogP contribution in [0.2, 0.25) is 0 Å². The summed E-state index contributed by atoms with van der Waals surface area (Å²) in [4.78, 5) is 42.9. The minimum Gasteiger partial charge on any atom is -0.461 e. The number of hydrogen-bond donors (Lipinski definition) is 0. The molecule has 1 saturated heterocycles. The van der Waals surface area contributed by atoms with Crippen LogP contribution in [-0.4, -0.2) is 57.3 Å². The van der Waals surface area contributed by atoms with Crippen molar-refractivity contribution in [1.29, 1.82) is 0 Å². The SMILES string of the molecule is CC(=O)OCC1=C(C(=O)OC(C)(C)C)N2C(=O)[C@@H](N=C(Cl)Cc3ccccc3)[C@H]2SC1. The number of hydrogen-bond acceptors (Lipinski definition) is 7. The van der Waals surface area contributed by atoms with E-state index in [-0.39, 0.29) is 23.6 Å². The fourth-order valence-corrected chi connectivity index (χ4v) is 4.79. The summed E-state index contributed by atoms with van der Waals surface area (Å²) in [6.07, 6.45) is 0.427. The van der Waals surface area contributed by atoms with Gasteiger partial charge in [0.2, 0.25) is 0 Å². The molecule has 9 heteroatoms. The van der Waals surface area contributed by atoms with Crippen molar-refractivity contribution in [2.45, 2.75) is 51.1 Å². The lowest BCUT2D eigenvalue weighted by Crippen LogP contribution is -2.64. The highest BCUT2D eigenvalue weighted by atomic mass is 35.5. The largest absolute Gasteiger partial charge is 0.461 e. The van der Waals surface area contributed by atoms with Crippen molar-refractivity contribution in [1.82, 2.24) is 4.90 Å². The molecule has 166 valence electrons. The Kier molecular flexibility index (Phi) is 7.11. The van der Waals surface area contributed by atoms with Crippen molar-refractivity contribution in [3.63, 3.8) is 0 Å². The Hall–Kier alpha value is -2.32. The molecule has 1 aromatic carbocycles. The van der Waals surface area contributed by atoms with Crippen LogP contribution in [0.4, 0.5) is 0 Å². The number of amides is 1. The number of carbonyl (C=O) groups is 3. The molecule has 0 aliphatic carbocycles. The molecule has 0 N–H and O–H groups in total. The Labute approximate surface area is 190 Å². The number of rotatable bonds is 6. The standard InChI is InChI=1S/C22H25ClN2O5S/c1-13(26)29-11-15-12-31-20-17(24-16(23)10-14-8-6-5-7-9-14)19(27)25(20)18(15)21(28)30-22(2,3)4/h5-9,17,20H,10-12H2,1-4H3/t17-,20-/m1/s1. The zero-order chi connectivity index (χ0) is 22.8. The Balaban J connectivity index is 1.82. The molecular weight excluding hydrogens is 440 g/mol. The summed E-state index contributed by atoms with van der Waals surface area (Å²) in [6, 6.07) is 8.94. The minimum atomic E-state index is -0.735. The maximum Gasteiger partial charge on any atom is 0.355 e. The van der Waals surface area contributed by atoms with Crippen LogP contribution in [0, 0.1) is 0 Å². The summed E-state index contributed by atoms with van der Waals surface area (Å²) in [5.41, 5.74) is 0.933. The molecule has 2 aliphatic heterocycles. The second kappa shape index (κ2) is 9.44. The number of benzene rings is 1. The zero-order valence-corrected chi connectivity index (χ0v) is 19.5. The number of esters is 2. The molecular formula is C22H25ClN2O5S. The highest BCUT2D eigenvalue weighted by molar-refractivity contribution is 8.00. The van der Waals surface area contributed by atoms with Crippen molar-refractivity contribution >= 4 is 46.4 Å². The van der Waals surface area contributed by atoms with Gasteiger partial charge in [0.1, 0.15) is 28.4 Å². The van der Waals surface area contributed by atoms with Gasteiger partial charge in [-0.25, -0.2) is 4.79 Å². The third-order valence-corrected chi connectivity index (χ3v) is 6.09. The average molecular weight is 465 g/mol. The molecule has 1 fully saturated rings. The lowest BCUT2D eigenvalue weighted by atomic mass is 10.0. The van der Waals surface area contributed by atoms with E-state index in [1.807, 2.05) is 30.3 Å². The lowest BCUT2D eigenvalue weighted by Gasteiger charge is -2.48. The first kappa shape index (κ1) is 23.3. The summed E-state index contributed by atoms with van der Waals surface area (Å²) in [6.45, 7) is 6.47. The molecule has 1 aromatic rings. The molecule has 0 unspecified atom stereocenters. The molecule has 0 spiro atoms. The van der Waals surface area contributed by atoms with Gasteiger partial charge in [-0.1, -0.05) is 41.9 Å². The maximum absolute atomic E-state index is 12.9. The Morgan fingerprint density at radius 3 is 2.55 bits per heavy atom. The van der Waals surface area contributed by atoms with Crippen LogP contribution >= 0.6 is 23.4 Å². The van der Waals surface area contributed by atoms with Crippen LogP contribution in [-0.2, 0) is 30.3 Å².